The molecule has 0 radical (unpaired) electrons. The number of carbonyl (C=O) groups is 1. The van der Waals surface area contributed by atoms with E-state index in [9.17, 15) is 18.0 Å². The summed E-state index contributed by atoms with van der Waals surface area (Å²) in [6.07, 6.45) is 2.57. The Kier molecular flexibility index (Phi) is 8.56. The van der Waals surface area contributed by atoms with E-state index in [0.717, 1.165) is 17.8 Å². The number of alkyl halides is 2. The van der Waals surface area contributed by atoms with Crippen molar-refractivity contribution >= 4 is 46.3 Å². The van der Waals surface area contributed by atoms with E-state index < -0.39 is 24.2 Å². The number of carbonyl (C=O) groups excluding carboxylic acids is 1. The number of rotatable bonds is 9. The van der Waals surface area contributed by atoms with Crippen LogP contribution >= 0.6 is 22.9 Å². The summed E-state index contributed by atoms with van der Waals surface area (Å²) in [4.78, 5) is 26.3. The van der Waals surface area contributed by atoms with Gasteiger partial charge in [0.15, 0.2) is 0 Å². The first-order valence-electron chi connectivity index (χ1n) is 11.9. The summed E-state index contributed by atoms with van der Waals surface area (Å²) in [5.74, 6) is -2.95. The highest BCUT2D eigenvalue weighted by molar-refractivity contribution is 7.17. The molecule has 37 heavy (non-hydrogen) atoms. The maximum Gasteiger partial charge on any atom is 0.265 e. The van der Waals surface area contributed by atoms with Crippen LogP contribution in [0, 0.1) is 5.82 Å². The number of thiophene rings is 1. The third kappa shape index (κ3) is 7.12. The summed E-state index contributed by atoms with van der Waals surface area (Å²) in [5.41, 5.74) is 1.21. The average molecular weight is 553 g/mol. The summed E-state index contributed by atoms with van der Waals surface area (Å²) in [6.45, 7) is 1.28. The fraction of sp³-hybridized carbons (Fsp3) is 0.400. The van der Waals surface area contributed by atoms with Crippen LogP contribution in [0.3, 0.4) is 0 Å². The van der Waals surface area contributed by atoms with Crippen LogP contribution in [0.2, 0.25) is 5.02 Å². The van der Waals surface area contributed by atoms with E-state index in [1.807, 2.05) is 14.1 Å². The average Bonchev–Trinajstić information content (AvgIpc) is 3.33. The minimum Gasteiger partial charge on any atom is -0.369 e. The van der Waals surface area contributed by atoms with Crippen molar-refractivity contribution in [1.29, 1.82) is 0 Å². The van der Waals surface area contributed by atoms with Gasteiger partial charge in [-0.15, -0.1) is 11.3 Å². The normalized spacial score (nSPS) is 15.2. The Morgan fingerprint density at radius 3 is 2.81 bits per heavy atom. The smallest absolute Gasteiger partial charge is 0.265 e. The second-order valence-corrected chi connectivity index (χ2v) is 10.6. The lowest BCUT2D eigenvalue weighted by Crippen LogP contribution is -2.45. The van der Waals surface area contributed by atoms with E-state index in [0.29, 0.717) is 35.0 Å². The highest BCUT2D eigenvalue weighted by atomic mass is 35.5. The zero-order valence-electron chi connectivity index (χ0n) is 20.5. The van der Waals surface area contributed by atoms with Gasteiger partial charge in [-0.05, 0) is 63.8 Å². The van der Waals surface area contributed by atoms with Crippen molar-refractivity contribution in [2.45, 2.75) is 25.2 Å². The first-order chi connectivity index (χ1) is 17.6. The minimum atomic E-state index is -2.86. The Balaban J connectivity index is 1.57. The Morgan fingerprint density at radius 2 is 2.08 bits per heavy atom. The van der Waals surface area contributed by atoms with Crippen molar-refractivity contribution in [2.24, 2.45) is 0 Å². The van der Waals surface area contributed by atoms with Crippen molar-refractivity contribution in [2.75, 3.05) is 50.9 Å². The van der Waals surface area contributed by atoms with Crippen LogP contribution in [-0.4, -0.2) is 71.9 Å². The maximum atomic E-state index is 13.8. The lowest BCUT2D eigenvalue weighted by atomic mass is 10.1. The fourth-order valence-electron chi connectivity index (χ4n) is 3.95. The molecule has 12 heteroatoms. The summed E-state index contributed by atoms with van der Waals surface area (Å²) in [6, 6.07) is 7.65. The van der Waals surface area contributed by atoms with Gasteiger partial charge in [0.05, 0.1) is 22.0 Å². The van der Waals surface area contributed by atoms with E-state index in [1.54, 1.807) is 18.3 Å². The maximum absolute atomic E-state index is 13.8. The van der Waals surface area contributed by atoms with Gasteiger partial charge in [0.2, 0.25) is 5.95 Å². The number of benzene rings is 1. The molecular weight excluding hydrogens is 525 g/mol. The van der Waals surface area contributed by atoms with Gasteiger partial charge in [0, 0.05) is 36.3 Å². The molecule has 0 aliphatic carbocycles. The molecule has 0 atom stereocenters. The summed E-state index contributed by atoms with van der Waals surface area (Å²) >= 11 is 7.10. The quantitative estimate of drug-likeness (QED) is 0.318. The summed E-state index contributed by atoms with van der Waals surface area (Å²) in [7, 11) is 3.99. The van der Waals surface area contributed by atoms with Gasteiger partial charge >= 0.3 is 0 Å². The van der Waals surface area contributed by atoms with Gasteiger partial charge in [-0.1, -0.05) is 11.6 Å². The Morgan fingerprint density at radius 1 is 1.27 bits per heavy atom. The number of likely N-dealkylation sites (tertiary alicyclic amines) is 1. The molecule has 0 bridgehead atoms. The van der Waals surface area contributed by atoms with E-state index in [4.69, 9.17) is 11.6 Å². The first-order valence-corrected chi connectivity index (χ1v) is 13.1. The Labute approximate surface area is 222 Å². The van der Waals surface area contributed by atoms with Gasteiger partial charge in [-0.3, -0.25) is 4.79 Å². The van der Waals surface area contributed by atoms with Crippen LogP contribution in [0.1, 0.15) is 28.9 Å². The molecule has 198 valence electrons. The van der Waals surface area contributed by atoms with Crippen LogP contribution in [0.15, 0.2) is 36.5 Å². The molecule has 4 rings (SSSR count). The fourth-order valence-corrected chi connectivity index (χ4v) is 5.12. The predicted molar refractivity (Wildman–Crippen MR) is 142 cm³/mol. The van der Waals surface area contributed by atoms with Gasteiger partial charge in [-0.25, -0.2) is 18.2 Å². The lowest BCUT2D eigenvalue weighted by molar-refractivity contribution is -0.0559. The van der Waals surface area contributed by atoms with Crippen LogP contribution < -0.4 is 10.6 Å². The molecule has 3 heterocycles. The van der Waals surface area contributed by atoms with Crippen LogP contribution in [0.5, 0.6) is 0 Å². The number of halogens is 4. The third-order valence-electron chi connectivity index (χ3n) is 5.80. The second kappa shape index (κ2) is 11.7. The second-order valence-electron chi connectivity index (χ2n) is 9.14. The van der Waals surface area contributed by atoms with Crippen molar-refractivity contribution in [3.63, 3.8) is 0 Å². The number of hydrogen-bond acceptors (Lipinski definition) is 7. The first kappa shape index (κ1) is 27.2. The predicted octanol–water partition coefficient (Wildman–Crippen LogP) is 5.98. The molecule has 1 aliphatic rings. The lowest BCUT2D eigenvalue weighted by Gasteiger charge is -2.32. The van der Waals surface area contributed by atoms with Gasteiger partial charge in [0.25, 0.3) is 11.8 Å². The van der Waals surface area contributed by atoms with Crippen molar-refractivity contribution in [3.05, 3.63) is 52.2 Å². The number of nitrogens with zero attached hydrogens (tertiary/aromatic N) is 4. The Bertz CT molecular complexity index is 1250. The summed E-state index contributed by atoms with van der Waals surface area (Å²) in [5, 5.41) is 6.34. The zero-order chi connectivity index (χ0) is 26.6. The van der Waals surface area contributed by atoms with Gasteiger partial charge in [-0.2, -0.15) is 4.98 Å². The van der Waals surface area contributed by atoms with Gasteiger partial charge < -0.3 is 20.4 Å². The third-order valence-corrected chi connectivity index (χ3v) is 7.20. The molecular formula is C25H28ClF3N6OS. The molecule has 0 saturated carbocycles. The molecule has 2 aromatic heterocycles. The molecule has 0 spiro atoms. The molecule has 7 nitrogen and oxygen atoms in total. The largest absolute Gasteiger partial charge is 0.369 e. The number of anilines is 3. The molecule has 1 saturated heterocycles. The Hall–Kier alpha value is -2.89. The van der Waals surface area contributed by atoms with Crippen LogP contribution in [-0.2, 0) is 0 Å². The van der Waals surface area contributed by atoms with Crippen LogP contribution in [0.4, 0.5) is 30.6 Å². The SMILES string of the molecule is CN(C)CCCNc1nc(Nc2ccc(F)c(Cl)c2)ncc1-c1ccc(C(=O)N2CCCC(F)(F)C2)s1. The number of nitrogens with one attached hydrogen (secondary N) is 2. The molecule has 2 N–H and O–H groups in total. The van der Waals surface area contributed by atoms with Crippen LogP contribution in [0.25, 0.3) is 10.4 Å². The molecule has 0 unspecified atom stereocenters. The van der Waals surface area contributed by atoms with E-state index in [1.165, 1.54) is 34.4 Å². The molecule has 1 aliphatic heterocycles. The minimum absolute atomic E-state index is 0.0223. The van der Waals surface area contributed by atoms with Crippen molar-refractivity contribution in [1.82, 2.24) is 19.8 Å². The number of aromatic nitrogens is 2. The number of hydrogen-bond donors (Lipinski definition) is 2. The standard InChI is InChI=1S/C25H28ClF3N6OS/c1-34(2)11-4-10-30-22-17(14-31-24(33-22)32-16-5-6-19(27)18(26)13-16)20-7-8-21(37-20)23(36)35-12-3-9-25(28,29)15-35/h5-8,13-14H,3-4,9-12,15H2,1-2H3,(H2,30,31,32,33). The van der Waals surface area contributed by atoms with Crippen molar-refractivity contribution in [3.8, 4) is 10.4 Å². The molecule has 3 aromatic rings. The highest BCUT2D eigenvalue weighted by Crippen LogP contribution is 2.35. The highest BCUT2D eigenvalue weighted by Gasteiger charge is 2.37. The number of amides is 1. The zero-order valence-corrected chi connectivity index (χ0v) is 22.1. The van der Waals surface area contributed by atoms with Gasteiger partial charge in [0.1, 0.15) is 11.6 Å². The monoisotopic (exact) mass is 552 g/mol. The molecule has 1 amide bonds. The summed E-state index contributed by atoms with van der Waals surface area (Å²) < 4.78 is 41.2. The van der Waals surface area contributed by atoms with E-state index in [-0.39, 0.29) is 23.8 Å². The molecule has 1 aromatic carbocycles. The molecule has 1 fully saturated rings. The number of piperidine rings is 1. The topological polar surface area (TPSA) is 73.4 Å². The van der Waals surface area contributed by atoms with E-state index >= 15 is 0 Å². The van der Waals surface area contributed by atoms with Crippen molar-refractivity contribution < 1.29 is 18.0 Å². The van der Waals surface area contributed by atoms with E-state index in [2.05, 4.69) is 25.5 Å².